The van der Waals surface area contributed by atoms with Crippen molar-refractivity contribution in [3.8, 4) is 0 Å². The van der Waals surface area contributed by atoms with Crippen LogP contribution in [0.15, 0.2) is 36.5 Å². The number of nitrogens with two attached hydrogens (primary N) is 1. The summed E-state index contributed by atoms with van der Waals surface area (Å²) in [5, 5.41) is 7.02. The number of hydrogen-bond donors (Lipinski definition) is 1. The maximum Gasteiger partial charge on any atom is 0.451 e. The molecule has 0 spiro atoms. The normalized spacial score (nSPS) is 16.8. The van der Waals surface area contributed by atoms with E-state index in [4.69, 9.17) is 5.73 Å². The molecule has 186 valence electrons. The lowest BCUT2D eigenvalue weighted by Gasteiger charge is -2.36. The van der Waals surface area contributed by atoms with Gasteiger partial charge in [-0.25, -0.2) is 13.2 Å². The maximum absolute atomic E-state index is 14.0. The van der Waals surface area contributed by atoms with Crippen molar-refractivity contribution in [3.63, 3.8) is 0 Å². The van der Waals surface area contributed by atoms with Crippen LogP contribution in [0.3, 0.4) is 0 Å². The Balaban J connectivity index is 1.56. The summed E-state index contributed by atoms with van der Waals surface area (Å²) in [6.45, 7) is -0.259. The third kappa shape index (κ3) is 5.29. The number of rotatable bonds is 6. The van der Waals surface area contributed by atoms with Crippen molar-refractivity contribution in [2.75, 3.05) is 6.54 Å². The zero-order valence-electron chi connectivity index (χ0n) is 18.1. The van der Waals surface area contributed by atoms with E-state index in [-0.39, 0.29) is 43.7 Å². The number of fused-ring (bicyclic) bond motifs is 1. The van der Waals surface area contributed by atoms with Gasteiger partial charge in [-0.15, -0.1) is 10.2 Å². The fourth-order valence-electron chi connectivity index (χ4n) is 4.13. The van der Waals surface area contributed by atoms with Gasteiger partial charge < -0.3 is 15.2 Å². The Bertz CT molecular complexity index is 1220. The van der Waals surface area contributed by atoms with Gasteiger partial charge in [-0.05, 0) is 30.2 Å². The molecule has 0 bridgehead atoms. The Hall–Kier alpha value is -3.48. The predicted octanol–water partition coefficient (Wildman–Crippen LogP) is 3.20. The van der Waals surface area contributed by atoms with Crippen molar-refractivity contribution in [1.29, 1.82) is 0 Å². The molecule has 0 aliphatic carbocycles. The quantitative estimate of drug-likeness (QED) is 0.417. The molecular weight excluding hydrogens is 478 g/mol. The highest BCUT2D eigenvalue weighted by atomic mass is 19.4. The molecule has 0 fully saturated rings. The molecule has 0 saturated carbocycles. The first-order valence-corrected chi connectivity index (χ1v) is 10.6. The van der Waals surface area contributed by atoms with E-state index in [9.17, 15) is 31.1 Å². The van der Waals surface area contributed by atoms with Gasteiger partial charge in [0.1, 0.15) is 5.82 Å². The van der Waals surface area contributed by atoms with Gasteiger partial charge in [0.15, 0.2) is 17.5 Å². The number of carbonyl (C=O) groups excluding carboxylic acids is 1. The third-order valence-corrected chi connectivity index (χ3v) is 5.73. The lowest BCUT2D eigenvalue weighted by molar-refractivity contribution is -0.148. The van der Waals surface area contributed by atoms with Crippen molar-refractivity contribution >= 4 is 5.91 Å². The molecule has 2 aromatic heterocycles. The predicted molar refractivity (Wildman–Crippen MR) is 110 cm³/mol. The number of hydrogen-bond acceptors (Lipinski definition) is 5. The summed E-state index contributed by atoms with van der Waals surface area (Å²) >= 11 is 0. The molecule has 1 aliphatic heterocycles. The Kier molecular flexibility index (Phi) is 6.79. The van der Waals surface area contributed by atoms with Crippen molar-refractivity contribution < 1.29 is 31.1 Å². The lowest BCUT2D eigenvalue weighted by atomic mass is 10.0. The van der Waals surface area contributed by atoms with Gasteiger partial charge in [0, 0.05) is 49.9 Å². The highest BCUT2D eigenvalue weighted by Crippen LogP contribution is 2.34. The molecule has 3 aromatic rings. The number of carbonyl (C=O) groups is 1. The van der Waals surface area contributed by atoms with Gasteiger partial charge in [0.2, 0.25) is 11.7 Å². The molecule has 1 aromatic carbocycles. The minimum atomic E-state index is -4.72. The van der Waals surface area contributed by atoms with Crippen LogP contribution in [0.1, 0.15) is 35.4 Å². The van der Waals surface area contributed by atoms with E-state index in [2.05, 4.69) is 15.2 Å². The summed E-state index contributed by atoms with van der Waals surface area (Å²) < 4.78 is 81.7. The van der Waals surface area contributed by atoms with E-state index in [0.29, 0.717) is 17.8 Å². The van der Waals surface area contributed by atoms with Gasteiger partial charge >= 0.3 is 6.18 Å². The van der Waals surface area contributed by atoms with Crippen molar-refractivity contribution in [2.45, 2.75) is 44.1 Å². The second kappa shape index (κ2) is 9.64. The number of halogens is 6. The summed E-state index contributed by atoms with van der Waals surface area (Å²) in [6.07, 6.45) is -3.68. The third-order valence-electron chi connectivity index (χ3n) is 5.73. The number of aromatic nitrogens is 4. The van der Waals surface area contributed by atoms with E-state index in [1.54, 1.807) is 18.2 Å². The summed E-state index contributed by atoms with van der Waals surface area (Å²) in [6, 6.07) is 4.27. The zero-order valence-corrected chi connectivity index (χ0v) is 18.1. The smallest absolute Gasteiger partial charge is 0.330 e. The Morgan fingerprint density at radius 3 is 2.51 bits per heavy atom. The van der Waals surface area contributed by atoms with Gasteiger partial charge in [-0.3, -0.25) is 9.78 Å². The van der Waals surface area contributed by atoms with Crippen molar-refractivity contribution in [3.05, 3.63) is 76.9 Å². The standard InChI is InChI=1S/C22H20F6N6O/c23-15-11-17(25)16(24)8-12(15)7-13(29)9-19(35)33-5-6-34-20(31-32-21(34)22(26,27)28)18(33)10-14-3-1-2-4-30-14/h1-4,8,11,13,18H,5-7,9-10,29H2/t13-,18+/m1/s1. The SMILES string of the molecule is N[C@@H](CC(=O)N1CCn2c(nnc2C(F)(F)F)[C@@H]1Cc1ccccn1)Cc1cc(F)c(F)cc1F. The van der Waals surface area contributed by atoms with E-state index in [0.717, 1.165) is 4.57 Å². The van der Waals surface area contributed by atoms with E-state index in [1.807, 2.05) is 0 Å². The number of pyridine rings is 1. The molecule has 4 rings (SSSR count). The fraction of sp³-hybridized carbons (Fsp3) is 0.364. The summed E-state index contributed by atoms with van der Waals surface area (Å²) in [5.41, 5.74) is 6.33. The zero-order chi connectivity index (χ0) is 25.3. The van der Waals surface area contributed by atoms with Crippen LogP contribution in [0.4, 0.5) is 26.3 Å². The van der Waals surface area contributed by atoms with Crippen molar-refractivity contribution in [1.82, 2.24) is 24.6 Å². The minimum absolute atomic E-state index is 0.0391. The molecule has 0 radical (unpaired) electrons. The number of nitrogens with zero attached hydrogens (tertiary/aromatic N) is 5. The Morgan fingerprint density at radius 1 is 1.09 bits per heavy atom. The highest BCUT2D eigenvalue weighted by Gasteiger charge is 2.43. The topological polar surface area (TPSA) is 89.9 Å². The van der Waals surface area contributed by atoms with Gasteiger partial charge in [0.05, 0.1) is 6.04 Å². The Morgan fingerprint density at radius 2 is 1.83 bits per heavy atom. The number of amides is 1. The maximum atomic E-state index is 14.0. The van der Waals surface area contributed by atoms with Crippen LogP contribution in [-0.2, 0) is 30.4 Å². The van der Waals surface area contributed by atoms with E-state index in [1.165, 1.54) is 11.1 Å². The molecular formula is C22H20F6N6O. The second-order valence-corrected chi connectivity index (χ2v) is 8.19. The molecule has 2 N–H and O–H groups in total. The van der Waals surface area contributed by atoms with Gasteiger partial charge in [0.25, 0.3) is 0 Å². The highest BCUT2D eigenvalue weighted by molar-refractivity contribution is 5.77. The first-order valence-electron chi connectivity index (χ1n) is 10.6. The summed E-state index contributed by atoms with van der Waals surface area (Å²) in [7, 11) is 0. The van der Waals surface area contributed by atoms with Crippen LogP contribution in [-0.4, -0.2) is 43.1 Å². The molecule has 2 atom stereocenters. The summed E-state index contributed by atoms with van der Waals surface area (Å²) in [5.74, 6) is -5.29. The van der Waals surface area contributed by atoms with Crippen LogP contribution >= 0.6 is 0 Å². The molecule has 1 amide bonds. The molecule has 0 saturated heterocycles. The minimum Gasteiger partial charge on any atom is -0.330 e. The largest absolute Gasteiger partial charge is 0.451 e. The van der Waals surface area contributed by atoms with Crippen LogP contribution in [0.25, 0.3) is 0 Å². The van der Waals surface area contributed by atoms with Crippen LogP contribution in [0.5, 0.6) is 0 Å². The van der Waals surface area contributed by atoms with E-state index >= 15 is 0 Å². The van der Waals surface area contributed by atoms with E-state index < -0.39 is 47.4 Å². The average Bonchev–Trinajstić information content (AvgIpc) is 3.23. The average molecular weight is 498 g/mol. The monoisotopic (exact) mass is 498 g/mol. The lowest BCUT2D eigenvalue weighted by Crippen LogP contribution is -2.46. The van der Waals surface area contributed by atoms with Gasteiger partial charge in [-0.1, -0.05) is 6.07 Å². The number of alkyl halides is 3. The summed E-state index contributed by atoms with van der Waals surface area (Å²) in [4.78, 5) is 18.7. The first kappa shape index (κ1) is 24.6. The van der Waals surface area contributed by atoms with Crippen LogP contribution in [0.2, 0.25) is 0 Å². The number of benzene rings is 1. The molecule has 1 aliphatic rings. The van der Waals surface area contributed by atoms with Crippen molar-refractivity contribution in [2.24, 2.45) is 5.73 Å². The molecule has 3 heterocycles. The first-order chi connectivity index (χ1) is 16.5. The molecule has 0 unspecified atom stereocenters. The fourth-order valence-corrected chi connectivity index (χ4v) is 4.13. The van der Waals surface area contributed by atoms with Crippen LogP contribution in [0, 0.1) is 17.5 Å². The Labute approximate surface area is 195 Å². The van der Waals surface area contributed by atoms with Crippen LogP contribution < -0.4 is 5.73 Å². The second-order valence-electron chi connectivity index (χ2n) is 8.19. The van der Waals surface area contributed by atoms with Gasteiger partial charge in [-0.2, -0.15) is 13.2 Å². The molecule has 7 nitrogen and oxygen atoms in total. The molecule has 13 heteroatoms. The molecule has 35 heavy (non-hydrogen) atoms.